The van der Waals surface area contributed by atoms with Crippen molar-refractivity contribution in [1.82, 2.24) is 5.32 Å². The molecule has 102 valence electrons. The first-order chi connectivity index (χ1) is 9.26. The molecule has 19 heavy (non-hydrogen) atoms. The Morgan fingerprint density at radius 1 is 1.16 bits per heavy atom. The summed E-state index contributed by atoms with van der Waals surface area (Å²) in [6.45, 7) is 7.53. The molecule has 1 N–H and O–H groups in total. The molecular weight excluding hydrogens is 270 g/mol. The lowest BCUT2D eigenvalue weighted by atomic mass is 9.99. The molecule has 0 aliphatic heterocycles. The van der Waals surface area contributed by atoms with Gasteiger partial charge in [-0.1, -0.05) is 26.0 Å². The predicted octanol–water partition coefficient (Wildman–Crippen LogP) is 4.87. The van der Waals surface area contributed by atoms with Gasteiger partial charge in [0, 0.05) is 9.77 Å². The van der Waals surface area contributed by atoms with E-state index < -0.39 is 0 Å². The van der Waals surface area contributed by atoms with Gasteiger partial charge in [-0.15, -0.1) is 23.1 Å². The van der Waals surface area contributed by atoms with Crippen LogP contribution in [0.5, 0.6) is 0 Å². The number of thioether (sulfide) groups is 1. The molecule has 0 saturated carbocycles. The molecular formula is C16H21NS2. The summed E-state index contributed by atoms with van der Waals surface area (Å²) in [5, 5.41) is 5.77. The van der Waals surface area contributed by atoms with Gasteiger partial charge >= 0.3 is 0 Å². The van der Waals surface area contributed by atoms with Gasteiger partial charge < -0.3 is 5.32 Å². The first-order valence-corrected chi connectivity index (χ1v) is 8.63. The van der Waals surface area contributed by atoms with Crippen molar-refractivity contribution in [1.29, 1.82) is 0 Å². The zero-order chi connectivity index (χ0) is 13.7. The van der Waals surface area contributed by atoms with Crippen LogP contribution in [0.4, 0.5) is 0 Å². The summed E-state index contributed by atoms with van der Waals surface area (Å²) in [5.41, 5.74) is 2.76. The highest BCUT2D eigenvalue weighted by Gasteiger charge is 2.15. The van der Waals surface area contributed by atoms with Crippen molar-refractivity contribution in [2.24, 2.45) is 0 Å². The normalized spacial score (nSPS) is 12.6. The molecule has 2 rings (SSSR count). The molecule has 3 heteroatoms. The zero-order valence-corrected chi connectivity index (χ0v) is 13.4. The smallest absolute Gasteiger partial charge is 0.0587 e. The van der Waals surface area contributed by atoms with Crippen molar-refractivity contribution < 1.29 is 0 Å². The molecule has 0 fully saturated rings. The average molecular weight is 291 g/mol. The molecule has 1 nitrogen and oxygen atoms in total. The standard InChI is InChI=1S/C16H21NS2/c1-4-17-16(15-10-11-19-12(15)3)13-6-8-14(9-7-13)18-5-2/h6-11,16-17H,4-5H2,1-3H3. The Morgan fingerprint density at radius 2 is 1.89 bits per heavy atom. The summed E-state index contributed by atoms with van der Waals surface area (Å²) >= 11 is 3.71. The van der Waals surface area contributed by atoms with Crippen LogP contribution in [0.2, 0.25) is 0 Å². The lowest BCUT2D eigenvalue weighted by Gasteiger charge is -2.19. The summed E-state index contributed by atoms with van der Waals surface area (Å²) in [5.74, 6) is 1.12. The van der Waals surface area contributed by atoms with E-state index in [4.69, 9.17) is 0 Å². The van der Waals surface area contributed by atoms with Crippen molar-refractivity contribution in [3.05, 3.63) is 51.7 Å². The second-order valence-corrected chi connectivity index (χ2v) is 6.88. The summed E-state index contributed by atoms with van der Waals surface area (Å²) in [6, 6.07) is 11.5. The average Bonchev–Trinajstić information content (AvgIpc) is 2.84. The Kier molecular flexibility index (Phi) is 5.49. The Hall–Kier alpha value is -0.770. The third-order valence-electron chi connectivity index (χ3n) is 3.14. The molecule has 0 aliphatic rings. The number of hydrogen-bond acceptors (Lipinski definition) is 3. The second-order valence-electron chi connectivity index (χ2n) is 4.42. The Balaban J connectivity index is 2.26. The van der Waals surface area contributed by atoms with E-state index in [1.807, 2.05) is 23.1 Å². The number of hydrogen-bond donors (Lipinski definition) is 1. The largest absolute Gasteiger partial charge is 0.306 e. The van der Waals surface area contributed by atoms with Crippen molar-refractivity contribution in [2.75, 3.05) is 12.3 Å². The fraction of sp³-hybridized carbons (Fsp3) is 0.375. The van der Waals surface area contributed by atoms with Gasteiger partial charge in [-0.05, 0) is 53.9 Å². The van der Waals surface area contributed by atoms with Crippen molar-refractivity contribution in [3.8, 4) is 0 Å². The summed E-state index contributed by atoms with van der Waals surface area (Å²) in [6.07, 6.45) is 0. The Bertz CT molecular complexity index is 502. The highest BCUT2D eigenvalue weighted by molar-refractivity contribution is 7.99. The lowest BCUT2D eigenvalue weighted by molar-refractivity contribution is 0.629. The molecule has 0 amide bonds. The second kappa shape index (κ2) is 7.13. The number of aryl methyl sites for hydroxylation is 1. The monoisotopic (exact) mass is 291 g/mol. The molecule has 2 aromatic rings. The summed E-state index contributed by atoms with van der Waals surface area (Å²) < 4.78 is 0. The molecule has 0 aliphatic carbocycles. The van der Waals surface area contributed by atoms with Gasteiger partial charge in [-0.2, -0.15) is 0 Å². The maximum absolute atomic E-state index is 3.59. The Labute approximate surface area is 124 Å². The third-order valence-corrected chi connectivity index (χ3v) is 4.90. The maximum Gasteiger partial charge on any atom is 0.0587 e. The SMILES string of the molecule is CCNC(c1ccc(SCC)cc1)c1ccsc1C. The first kappa shape index (κ1) is 14.6. The molecule has 1 atom stereocenters. The van der Waals surface area contributed by atoms with Crippen molar-refractivity contribution in [3.63, 3.8) is 0 Å². The minimum atomic E-state index is 0.317. The van der Waals surface area contributed by atoms with Gasteiger partial charge in [0.15, 0.2) is 0 Å². The van der Waals surface area contributed by atoms with Crippen molar-refractivity contribution in [2.45, 2.75) is 31.7 Å². The number of nitrogens with one attached hydrogen (secondary N) is 1. The predicted molar refractivity (Wildman–Crippen MR) is 87.4 cm³/mol. The van der Waals surface area contributed by atoms with Crippen molar-refractivity contribution >= 4 is 23.1 Å². The van der Waals surface area contributed by atoms with Crippen LogP contribution in [0.3, 0.4) is 0 Å². The minimum Gasteiger partial charge on any atom is -0.306 e. The molecule has 0 bridgehead atoms. The highest BCUT2D eigenvalue weighted by atomic mass is 32.2. The molecule has 1 unspecified atom stereocenters. The van der Waals surface area contributed by atoms with Gasteiger partial charge in [-0.3, -0.25) is 0 Å². The van der Waals surface area contributed by atoms with Gasteiger partial charge in [0.25, 0.3) is 0 Å². The van der Waals surface area contributed by atoms with Crippen LogP contribution in [0.1, 0.15) is 35.9 Å². The van der Waals surface area contributed by atoms with E-state index in [2.05, 4.69) is 61.8 Å². The molecule has 1 aromatic carbocycles. The van der Waals surface area contributed by atoms with Crippen LogP contribution in [-0.2, 0) is 0 Å². The third kappa shape index (κ3) is 3.62. The fourth-order valence-electron chi connectivity index (χ4n) is 2.23. The van der Waals surface area contributed by atoms with E-state index in [0.29, 0.717) is 6.04 Å². The molecule has 1 aromatic heterocycles. The number of thiophene rings is 1. The van der Waals surface area contributed by atoms with Gasteiger partial charge in [0.2, 0.25) is 0 Å². The summed E-state index contributed by atoms with van der Waals surface area (Å²) in [7, 11) is 0. The zero-order valence-electron chi connectivity index (χ0n) is 11.8. The van der Waals surface area contributed by atoms with Crippen LogP contribution >= 0.6 is 23.1 Å². The van der Waals surface area contributed by atoms with E-state index in [0.717, 1.165) is 12.3 Å². The van der Waals surface area contributed by atoms with Crippen LogP contribution in [0, 0.1) is 6.92 Å². The van der Waals surface area contributed by atoms with Crippen LogP contribution in [-0.4, -0.2) is 12.3 Å². The van der Waals surface area contributed by atoms with E-state index in [-0.39, 0.29) is 0 Å². The van der Waals surface area contributed by atoms with Gasteiger partial charge in [0.1, 0.15) is 0 Å². The molecule has 0 radical (unpaired) electrons. The van der Waals surface area contributed by atoms with Gasteiger partial charge in [0.05, 0.1) is 6.04 Å². The van der Waals surface area contributed by atoms with Crippen LogP contribution in [0.25, 0.3) is 0 Å². The van der Waals surface area contributed by atoms with E-state index >= 15 is 0 Å². The van der Waals surface area contributed by atoms with Crippen LogP contribution in [0.15, 0.2) is 40.6 Å². The minimum absolute atomic E-state index is 0.317. The number of benzene rings is 1. The quantitative estimate of drug-likeness (QED) is 0.762. The Morgan fingerprint density at radius 3 is 2.42 bits per heavy atom. The van der Waals surface area contributed by atoms with Gasteiger partial charge in [-0.25, -0.2) is 0 Å². The summed E-state index contributed by atoms with van der Waals surface area (Å²) in [4.78, 5) is 2.75. The fourth-order valence-corrected chi connectivity index (χ4v) is 3.63. The lowest BCUT2D eigenvalue weighted by Crippen LogP contribution is -2.22. The molecule has 0 saturated heterocycles. The van der Waals surface area contributed by atoms with E-state index in [1.165, 1.54) is 20.9 Å². The molecule has 0 spiro atoms. The van der Waals surface area contributed by atoms with E-state index in [1.54, 1.807) is 0 Å². The maximum atomic E-state index is 3.59. The van der Waals surface area contributed by atoms with Crippen LogP contribution < -0.4 is 5.32 Å². The molecule has 1 heterocycles. The first-order valence-electron chi connectivity index (χ1n) is 6.76. The van der Waals surface area contributed by atoms with E-state index in [9.17, 15) is 0 Å². The highest BCUT2D eigenvalue weighted by Crippen LogP contribution is 2.29. The topological polar surface area (TPSA) is 12.0 Å². The number of rotatable bonds is 6.